The number of carbonyl (C=O) groups is 2. The van der Waals surface area contributed by atoms with Crippen LogP contribution in [0.15, 0.2) is 42.6 Å². The predicted molar refractivity (Wildman–Crippen MR) is 67.3 cm³/mol. The van der Waals surface area contributed by atoms with Crippen LogP contribution in [0.25, 0.3) is 0 Å². The second kappa shape index (κ2) is 5.81. The fourth-order valence-electron chi connectivity index (χ4n) is 1.70. The van der Waals surface area contributed by atoms with Crippen LogP contribution in [-0.4, -0.2) is 27.2 Å². The maximum Gasteiger partial charge on any atom is 0.330 e. The van der Waals surface area contributed by atoms with Crippen LogP contribution in [-0.2, 0) is 16.0 Å². The SMILES string of the molecule is O=C(Cc1ccn[nH]1)N[C@@H](C(=O)O)c1ccccc1. The van der Waals surface area contributed by atoms with Gasteiger partial charge in [0, 0.05) is 11.9 Å². The van der Waals surface area contributed by atoms with Crippen LogP contribution in [0.3, 0.4) is 0 Å². The number of carboxylic acids is 1. The third-order valence-corrected chi connectivity index (χ3v) is 2.59. The Hall–Kier alpha value is -2.63. The fraction of sp³-hybridized carbons (Fsp3) is 0.154. The number of aromatic nitrogens is 2. The Morgan fingerprint density at radius 2 is 2.00 bits per heavy atom. The zero-order valence-corrected chi connectivity index (χ0v) is 10.0. The molecular weight excluding hydrogens is 246 g/mol. The summed E-state index contributed by atoms with van der Waals surface area (Å²) in [6.45, 7) is 0. The Kier molecular flexibility index (Phi) is 3.92. The molecule has 2 aromatic rings. The molecule has 0 fully saturated rings. The van der Waals surface area contributed by atoms with Crippen molar-refractivity contribution < 1.29 is 14.7 Å². The molecule has 3 N–H and O–H groups in total. The van der Waals surface area contributed by atoms with Gasteiger partial charge in [-0.3, -0.25) is 9.89 Å². The topological polar surface area (TPSA) is 95.1 Å². The van der Waals surface area contributed by atoms with E-state index in [0.29, 0.717) is 11.3 Å². The quantitative estimate of drug-likeness (QED) is 0.743. The highest BCUT2D eigenvalue weighted by atomic mass is 16.4. The summed E-state index contributed by atoms with van der Waals surface area (Å²) in [5.41, 5.74) is 1.17. The second-order valence-electron chi connectivity index (χ2n) is 4.01. The molecule has 0 unspecified atom stereocenters. The highest BCUT2D eigenvalue weighted by Crippen LogP contribution is 2.12. The van der Waals surface area contributed by atoms with Crippen molar-refractivity contribution in [2.24, 2.45) is 0 Å². The van der Waals surface area contributed by atoms with Crippen LogP contribution in [0.2, 0.25) is 0 Å². The van der Waals surface area contributed by atoms with Crippen molar-refractivity contribution in [3.8, 4) is 0 Å². The standard InChI is InChI=1S/C13H13N3O3/c17-11(8-10-6-7-14-16-10)15-12(13(18)19)9-4-2-1-3-5-9/h1-7,12H,8H2,(H,14,16)(H,15,17)(H,18,19)/t12-/m1/s1. The summed E-state index contributed by atoms with van der Waals surface area (Å²) in [5, 5.41) is 18.0. The first kappa shape index (κ1) is 12.8. The lowest BCUT2D eigenvalue weighted by molar-refractivity contribution is -0.142. The van der Waals surface area contributed by atoms with Gasteiger partial charge in [-0.25, -0.2) is 4.79 Å². The highest BCUT2D eigenvalue weighted by molar-refractivity contribution is 5.85. The number of nitrogens with one attached hydrogen (secondary N) is 2. The van der Waals surface area contributed by atoms with Gasteiger partial charge in [0.2, 0.25) is 5.91 Å². The molecule has 6 nitrogen and oxygen atoms in total. The molecule has 0 saturated carbocycles. The highest BCUT2D eigenvalue weighted by Gasteiger charge is 2.21. The van der Waals surface area contributed by atoms with Gasteiger partial charge in [0.15, 0.2) is 6.04 Å². The van der Waals surface area contributed by atoms with Gasteiger partial charge in [-0.15, -0.1) is 0 Å². The van der Waals surface area contributed by atoms with Crippen molar-refractivity contribution in [3.63, 3.8) is 0 Å². The molecule has 0 bridgehead atoms. The number of hydrogen-bond acceptors (Lipinski definition) is 3. The molecule has 19 heavy (non-hydrogen) atoms. The fourth-order valence-corrected chi connectivity index (χ4v) is 1.70. The summed E-state index contributed by atoms with van der Waals surface area (Å²) < 4.78 is 0. The van der Waals surface area contributed by atoms with E-state index >= 15 is 0 Å². The number of rotatable bonds is 5. The van der Waals surface area contributed by atoms with Gasteiger partial charge in [-0.05, 0) is 11.6 Å². The summed E-state index contributed by atoms with van der Waals surface area (Å²) in [6, 6.07) is 9.19. The first-order chi connectivity index (χ1) is 9.16. The Morgan fingerprint density at radius 1 is 1.26 bits per heavy atom. The molecular formula is C13H13N3O3. The van der Waals surface area contributed by atoms with Crippen molar-refractivity contribution in [1.29, 1.82) is 0 Å². The Labute approximate surface area is 109 Å². The minimum atomic E-state index is -1.09. The number of H-pyrrole nitrogens is 1. The minimum Gasteiger partial charge on any atom is -0.479 e. The summed E-state index contributed by atoms with van der Waals surface area (Å²) in [7, 11) is 0. The molecule has 0 aliphatic heterocycles. The second-order valence-corrected chi connectivity index (χ2v) is 4.01. The average molecular weight is 259 g/mol. The van der Waals surface area contributed by atoms with Crippen LogP contribution < -0.4 is 5.32 Å². The van der Waals surface area contributed by atoms with Crippen LogP contribution >= 0.6 is 0 Å². The summed E-state index contributed by atoms with van der Waals surface area (Å²) in [6.07, 6.45) is 1.60. The Balaban J connectivity index is 2.05. The number of aromatic amines is 1. The number of carbonyl (C=O) groups excluding carboxylic acids is 1. The van der Waals surface area contributed by atoms with Crippen LogP contribution in [0, 0.1) is 0 Å². The van der Waals surface area contributed by atoms with Crippen molar-refractivity contribution in [3.05, 3.63) is 53.9 Å². The van der Waals surface area contributed by atoms with E-state index in [1.165, 1.54) is 6.20 Å². The lowest BCUT2D eigenvalue weighted by Crippen LogP contribution is -2.34. The number of amides is 1. The number of benzene rings is 1. The number of nitrogens with zero attached hydrogens (tertiary/aromatic N) is 1. The Bertz CT molecular complexity index is 552. The van der Waals surface area contributed by atoms with E-state index in [1.807, 2.05) is 0 Å². The molecule has 6 heteroatoms. The molecule has 0 spiro atoms. The van der Waals surface area contributed by atoms with Crippen molar-refractivity contribution >= 4 is 11.9 Å². The van der Waals surface area contributed by atoms with Crippen molar-refractivity contribution in [2.75, 3.05) is 0 Å². The molecule has 1 aromatic carbocycles. The lowest BCUT2D eigenvalue weighted by Gasteiger charge is -2.14. The normalized spacial score (nSPS) is 11.8. The largest absolute Gasteiger partial charge is 0.479 e. The predicted octanol–water partition coefficient (Wildman–Crippen LogP) is 0.894. The zero-order valence-electron chi connectivity index (χ0n) is 10.0. The molecule has 0 radical (unpaired) electrons. The average Bonchev–Trinajstić information content (AvgIpc) is 2.89. The molecule has 1 amide bonds. The van der Waals surface area contributed by atoms with E-state index in [0.717, 1.165) is 0 Å². The molecule has 1 atom stereocenters. The van der Waals surface area contributed by atoms with E-state index in [4.69, 9.17) is 5.11 Å². The van der Waals surface area contributed by atoms with Gasteiger partial charge in [-0.2, -0.15) is 5.10 Å². The van der Waals surface area contributed by atoms with Gasteiger partial charge in [0.05, 0.1) is 6.42 Å². The van der Waals surface area contributed by atoms with Crippen molar-refractivity contribution in [1.82, 2.24) is 15.5 Å². The van der Waals surface area contributed by atoms with E-state index in [-0.39, 0.29) is 12.3 Å². The summed E-state index contributed by atoms with van der Waals surface area (Å²) in [5.74, 6) is -1.47. The molecule has 2 rings (SSSR count). The number of hydrogen-bond donors (Lipinski definition) is 3. The third-order valence-electron chi connectivity index (χ3n) is 2.59. The maximum absolute atomic E-state index is 11.8. The lowest BCUT2D eigenvalue weighted by atomic mass is 10.1. The monoisotopic (exact) mass is 259 g/mol. The van der Waals surface area contributed by atoms with Crippen LogP contribution in [0.4, 0.5) is 0 Å². The van der Waals surface area contributed by atoms with Gasteiger partial charge in [0.1, 0.15) is 0 Å². The molecule has 98 valence electrons. The molecule has 1 aromatic heterocycles. The Morgan fingerprint density at radius 3 is 2.58 bits per heavy atom. The van der Waals surface area contributed by atoms with Gasteiger partial charge in [0.25, 0.3) is 0 Å². The van der Waals surface area contributed by atoms with Crippen LogP contribution in [0.5, 0.6) is 0 Å². The van der Waals surface area contributed by atoms with Crippen LogP contribution in [0.1, 0.15) is 17.3 Å². The first-order valence-corrected chi connectivity index (χ1v) is 5.72. The van der Waals surface area contributed by atoms with E-state index in [2.05, 4.69) is 15.5 Å². The zero-order chi connectivity index (χ0) is 13.7. The number of aliphatic carboxylic acids is 1. The molecule has 0 aliphatic rings. The van der Waals surface area contributed by atoms with Crippen molar-refractivity contribution in [2.45, 2.75) is 12.5 Å². The third kappa shape index (κ3) is 3.41. The number of carboxylic acid groups (broad SMARTS) is 1. The summed E-state index contributed by atoms with van der Waals surface area (Å²) >= 11 is 0. The molecule has 1 heterocycles. The smallest absolute Gasteiger partial charge is 0.330 e. The molecule has 0 aliphatic carbocycles. The van der Waals surface area contributed by atoms with E-state index < -0.39 is 12.0 Å². The van der Waals surface area contributed by atoms with Gasteiger partial charge in [-0.1, -0.05) is 30.3 Å². The summed E-state index contributed by atoms with van der Waals surface area (Å²) in [4.78, 5) is 23.0. The first-order valence-electron chi connectivity index (χ1n) is 5.72. The molecule has 0 saturated heterocycles. The van der Waals surface area contributed by atoms with E-state index in [9.17, 15) is 9.59 Å². The van der Waals surface area contributed by atoms with Gasteiger partial charge < -0.3 is 10.4 Å². The maximum atomic E-state index is 11.8. The van der Waals surface area contributed by atoms with E-state index in [1.54, 1.807) is 36.4 Å². The minimum absolute atomic E-state index is 0.0661. The van der Waals surface area contributed by atoms with Gasteiger partial charge >= 0.3 is 5.97 Å².